The van der Waals surface area contributed by atoms with Gasteiger partial charge in [-0.2, -0.15) is 0 Å². The van der Waals surface area contributed by atoms with Crippen LogP contribution in [0.2, 0.25) is 0 Å². The van der Waals surface area contributed by atoms with E-state index < -0.39 is 0 Å². The highest BCUT2D eigenvalue weighted by Gasteiger charge is 2.30. The number of nitrogens with one attached hydrogen (secondary N) is 1. The molecule has 0 aliphatic carbocycles. The van der Waals surface area contributed by atoms with Crippen LogP contribution in [0.15, 0.2) is 60.7 Å². The Morgan fingerprint density at radius 3 is 2.42 bits per heavy atom. The highest BCUT2D eigenvalue weighted by molar-refractivity contribution is 7.16. The second kappa shape index (κ2) is 11.0. The lowest BCUT2D eigenvalue weighted by molar-refractivity contribution is 0.0946. The van der Waals surface area contributed by atoms with Crippen molar-refractivity contribution in [2.75, 3.05) is 44.6 Å². The molecule has 2 heterocycles. The number of β-amino-alcohol motifs (C(OH)–C–C–N with tert-alkyl or cyclic N) is 1. The molecular formula is C26H30FN3O2S. The first-order valence-electron chi connectivity index (χ1n) is 11.4. The third-order valence-corrected chi connectivity index (χ3v) is 7.30. The highest BCUT2D eigenvalue weighted by Crippen LogP contribution is 2.40. The Morgan fingerprint density at radius 1 is 1.09 bits per heavy atom. The molecular weight excluding hydrogens is 437 g/mol. The van der Waals surface area contributed by atoms with E-state index >= 15 is 0 Å². The van der Waals surface area contributed by atoms with Crippen LogP contribution >= 0.6 is 11.3 Å². The third-order valence-electron chi connectivity index (χ3n) is 6.09. The lowest BCUT2D eigenvalue weighted by Gasteiger charge is -2.39. The Labute approximate surface area is 198 Å². The molecule has 1 amide bonds. The van der Waals surface area contributed by atoms with Crippen LogP contribution < -0.4 is 5.32 Å². The van der Waals surface area contributed by atoms with Crippen molar-refractivity contribution >= 4 is 22.2 Å². The maximum Gasteiger partial charge on any atom is 0.256 e. The molecule has 1 atom stereocenters. The number of aryl methyl sites for hydroxylation is 1. The zero-order chi connectivity index (χ0) is 23.2. The first-order chi connectivity index (χ1) is 16.1. The molecule has 2 N–H and O–H groups in total. The predicted octanol–water partition coefficient (Wildman–Crippen LogP) is 4.40. The molecule has 7 heteroatoms. The number of rotatable bonds is 8. The Morgan fingerprint density at radius 2 is 1.79 bits per heavy atom. The van der Waals surface area contributed by atoms with Crippen molar-refractivity contribution in [3.05, 3.63) is 88.0 Å². The monoisotopic (exact) mass is 467 g/mol. The number of anilines is 1. The van der Waals surface area contributed by atoms with Gasteiger partial charge in [-0.3, -0.25) is 14.6 Å². The van der Waals surface area contributed by atoms with Crippen molar-refractivity contribution in [3.63, 3.8) is 0 Å². The van der Waals surface area contributed by atoms with Gasteiger partial charge >= 0.3 is 0 Å². The number of thiophene rings is 1. The smallest absolute Gasteiger partial charge is 0.256 e. The standard InChI is InChI=1S/C26H30FN3O2S/c1-2-22-18-23(26(33-22)28-25(32)20-6-4-3-5-7-20)24(19-8-10-21(27)11-9-19)30-14-12-29(13-15-30)16-17-31/h3-11,18,24,31H,2,12-17H2,1H3,(H,28,32)/t24-/m0/s1. The predicted molar refractivity (Wildman–Crippen MR) is 131 cm³/mol. The van der Waals surface area contributed by atoms with Crippen molar-refractivity contribution in [1.82, 2.24) is 9.80 Å². The van der Waals surface area contributed by atoms with Crippen molar-refractivity contribution in [1.29, 1.82) is 0 Å². The molecule has 1 aromatic heterocycles. The van der Waals surface area contributed by atoms with E-state index in [1.54, 1.807) is 23.5 Å². The normalized spacial score (nSPS) is 16.0. The molecule has 0 unspecified atom stereocenters. The molecule has 1 aliphatic rings. The second-order valence-corrected chi connectivity index (χ2v) is 9.36. The first-order valence-corrected chi connectivity index (χ1v) is 12.2. The van der Waals surface area contributed by atoms with Crippen LogP contribution in [0.5, 0.6) is 0 Å². The summed E-state index contributed by atoms with van der Waals surface area (Å²) in [6.45, 7) is 6.30. The summed E-state index contributed by atoms with van der Waals surface area (Å²) in [5.41, 5.74) is 2.66. The third kappa shape index (κ3) is 5.68. The molecule has 0 radical (unpaired) electrons. The fraction of sp³-hybridized carbons (Fsp3) is 0.346. The maximum atomic E-state index is 13.7. The van der Waals surface area contributed by atoms with Gasteiger partial charge in [-0.05, 0) is 42.3 Å². The average Bonchev–Trinajstić information content (AvgIpc) is 3.24. The van der Waals surface area contributed by atoms with Gasteiger partial charge in [-0.25, -0.2) is 4.39 Å². The summed E-state index contributed by atoms with van der Waals surface area (Å²) in [4.78, 5) is 18.8. The van der Waals surface area contributed by atoms with Crippen LogP contribution in [0.4, 0.5) is 9.39 Å². The van der Waals surface area contributed by atoms with E-state index in [0.29, 0.717) is 12.1 Å². The van der Waals surface area contributed by atoms with E-state index in [2.05, 4.69) is 28.1 Å². The van der Waals surface area contributed by atoms with Gasteiger partial charge in [-0.1, -0.05) is 37.3 Å². The topological polar surface area (TPSA) is 55.8 Å². The summed E-state index contributed by atoms with van der Waals surface area (Å²) in [7, 11) is 0. The van der Waals surface area contributed by atoms with E-state index in [1.807, 2.05) is 30.3 Å². The summed E-state index contributed by atoms with van der Waals surface area (Å²) in [5.74, 6) is -0.394. The lowest BCUT2D eigenvalue weighted by atomic mass is 9.97. The number of hydrogen-bond acceptors (Lipinski definition) is 5. The van der Waals surface area contributed by atoms with Gasteiger partial charge in [-0.15, -0.1) is 11.3 Å². The Kier molecular flexibility index (Phi) is 7.88. The molecule has 33 heavy (non-hydrogen) atoms. The Hall–Kier alpha value is -2.58. The molecule has 0 spiro atoms. The lowest BCUT2D eigenvalue weighted by Crippen LogP contribution is -2.48. The summed E-state index contributed by atoms with van der Waals surface area (Å²) in [5, 5.41) is 13.3. The van der Waals surface area contributed by atoms with Crippen molar-refractivity contribution in [2.45, 2.75) is 19.4 Å². The summed E-state index contributed by atoms with van der Waals surface area (Å²) in [6.07, 6.45) is 0.874. The van der Waals surface area contributed by atoms with Gasteiger partial charge in [0.15, 0.2) is 0 Å². The average molecular weight is 468 g/mol. The van der Waals surface area contributed by atoms with Gasteiger partial charge in [0, 0.05) is 48.7 Å². The zero-order valence-electron chi connectivity index (χ0n) is 18.8. The van der Waals surface area contributed by atoms with E-state index in [0.717, 1.165) is 48.7 Å². The molecule has 2 aromatic carbocycles. The molecule has 0 saturated carbocycles. The number of amides is 1. The second-order valence-electron chi connectivity index (χ2n) is 8.23. The number of halogens is 1. The fourth-order valence-corrected chi connectivity index (χ4v) is 5.34. The first kappa shape index (κ1) is 23.6. The Balaban J connectivity index is 1.68. The number of carbonyl (C=O) groups excluding carboxylic acids is 1. The van der Waals surface area contributed by atoms with Crippen molar-refractivity contribution < 1.29 is 14.3 Å². The zero-order valence-corrected chi connectivity index (χ0v) is 19.7. The van der Waals surface area contributed by atoms with Gasteiger partial charge < -0.3 is 10.4 Å². The fourth-order valence-electron chi connectivity index (χ4n) is 4.32. The van der Waals surface area contributed by atoms with Crippen LogP contribution in [-0.2, 0) is 6.42 Å². The quantitative estimate of drug-likeness (QED) is 0.516. The van der Waals surface area contributed by atoms with Crippen molar-refractivity contribution in [2.24, 2.45) is 0 Å². The number of piperazine rings is 1. The minimum absolute atomic E-state index is 0.0931. The van der Waals surface area contributed by atoms with Crippen LogP contribution in [-0.4, -0.2) is 60.1 Å². The number of hydrogen-bond donors (Lipinski definition) is 2. The van der Waals surface area contributed by atoms with Gasteiger partial charge in [0.25, 0.3) is 5.91 Å². The van der Waals surface area contributed by atoms with Gasteiger partial charge in [0.2, 0.25) is 0 Å². The number of carbonyl (C=O) groups is 1. The maximum absolute atomic E-state index is 13.7. The molecule has 0 bridgehead atoms. The molecule has 1 fully saturated rings. The van der Waals surface area contributed by atoms with E-state index in [1.165, 1.54) is 17.0 Å². The van der Waals surface area contributed by atoms with Crippen LogP contribution in [0.1, 0.15) is 39.3 Å². The molecule has 5 nitrogen and oxygen atoms in total. The minimum atomic E-state index is -0.262. The highest BCUT2D eigenvalue weighted by atomic mass is 32.1. The molecule has 4 rings (SSSR count). The molecule has 1 saturated heterocycles. The molecule has 3 aromatic rings. The van der Waals surface area contributed by atoms with Crippen molar-refractivity contribution in [3.8, 4) is 0 Å². The largest absolute Gasteiger partial charge is 0.395 e. The number of aliphatic hydroxyl groups is 1. The Bertz CT molecular complexity index is 1050. The summed E-state index contributed by atoms with van der Waals surface area (Å²) >= 11 is 1.61. The molecule has 174 valence electrons. The van der Waals surface area contributed by atoms with Gasteiger partial charge in [0.05, 0.1) is 12.6 Å². The van der Waals surface area contributed by atoms with E-state index in [-0.39, 0.29) is 24.4 Å². The van der Waals surface area contributed by atoms with Crippen LogP contribution in [0.3, 0.4) is 0 Å². The molecule has 1 aliphatic heterocycles. The van der Waals surface area contributed by atoms with Crippen LogP contribution in [0, 0.1) is 5.82 Å². The van der Waals surface area contributed by atoms with E-state index in [9.17, 15) is 14.3 Å². The van der Waals surface area contributed by atoms with Gasteiger partial charge in [0.1, 0.15) is 10.8 Å². The minimum Gasteiger partial charge on any atom is -0.395 e. The number of benzene rings is 2. The number of aliphatic hydroxyl groups excluding tert-OH is 1. The SMILES string of the molecule is CCc1cc([C@H](c2ccc(F)cc2)N2CCN(CCO)CC2)c(NC(=O)c2ccccc2)s1. The van der Waals surface area contributed by atoms with Crippen LogP contribution in [0.25, 0.3) is 0 Å². The number of nitrogens with zero attached hydrogens (tertiary/aromatic N) is 2. The summed E-state index contributed by atoms with van der Waals surface area (Å²) in [6, 6.07) is 18.0. The summed E-state index contributed by atoms with van der Waals surface area (Å²) < 4.78 is 13.7. The van der Waals surface area contributed by atoms with E-state index in [4.69, 9.17) is 0 Å².